The molecule has 0 atom stereocenters. The van der Waals surface area contributed by atoms with Crippen LogP contribution >= 0.6 is 15.9 Å². The molecule has 0 aliphatic rings. The lowest BCUT2D eigenvalue weighted by Crippen LogP contribution is -2.14. The Hall–Kier alpha value is -1.38. The smallest absolute Gasteiger partial charge is 0.0268 e. The summed E-state index contributed by atoms with van der Waals surface area (Å²) >= 11 is 3.33. The third-order valence-corrected chi connectivity index (χ3v) is 2.99. The fourth-order valence-corrected chi connectivity index (χ4v) is 1.99. The van der Waals surface area contributed by atoms with Crippen LogP contribution in [0.4, 0.5) is 0 Å². The second-order valence-corrected chi connectivity index (χ2v) is 5.31. The van der Waals surface area contributed by atoms with Gasteiger partial charge in [-0.2, -0.15) is 0 Å². The van der Waals surface area contributed by atoms with Gasteiger partial charge >= 0.3 is 0 Å². The standard InChI is InChI=1S/C16H16BrN/c1-13(17)11-18-12-14-7-9-16(10-8-14)15-5-3-2-4-6-15/h2-10,18H,1,11-12H2. The van der Waals surface area contributed by atoms with Crippen molar-refractivity contribution in [1.29, 1.82) is 0 Å². The molecule has 0 fully saturated rings. The maximum Gasteiger partial charge on any atom is 0.0268 e. The minimum atomic E-state index is 0.792. The Morgan fingerprint density at radius 2 is 1.56 bits per heavy atom. The Labute approximate surface area is 117 Å². The van der Waals surface area contributed by atoms with Gasteiger partial charge in [0.1, 0.15) is 0 Å². The highest BCUT2D eigenvalue weighted by Crippen LogP contribution is 2.19. The maximum absolute atomic E-state index is 3.79. The number of halogens is 1. The minimum absolute atomic E-state index is 0.792. The van der Waals surface area contributed by atoms with Crippen LogP contribution in [0.3, 0.4) is 0 Å². The normalized spacial score (nSPS) is 10.3. The molecule has 2 aromatic rings. The van der Waals surface area contributed by atoms with E-state index in [1.165, 1.54) is 16.7 Å². The highest BCUT2D eigenvalue weighted by molar-refractivity contribution is 9.11. The van der Waals surface area contributed by atoms with Gasteiger partial charge in [-0.25, -0.2) is 0 Å². The molecule has 2 rings (SSSR count). The quantitative estimate of drug-likeness (QED) is 0.865. The summed E-state index contributed by atoms with van der Waals surface area (Å²) in [6.45, 7) is 5.45. The van der Waals surface area contributed by atoms with Crippen molar-refractivity contribution >= 4 is 15.9 Å². The molecule has 0 bridgehead atoms. The minimum Gasteiger partial charge on any atom is -0.308 e. The average Bonchev–Trinajstić information content (AvgIpc) is 2.40. The molecule has 1 N–H and O–H groups in total. The highest BCUT2D eigenvalue weighted by atomic mass is 79.9. The first kappa shape index (κ1) is 13.1. The zero-order chi connectivity index (χ0) is 12.8. The Bertz CT molecular complexity index is 502. The van der Waals surface area contributed by atoms with Crippen molar-refractivity contribution in [3.8, 4) is 11.1 Å². The van der Waals surface area contributed by atoms with Crippen molar-refractivity contribution in [2.45, 2.75) is 6.54 Å². The highest BCUT2D eigenvalue weighted by Gasteiger charge is 1.97. The average molecular weight is 302 g/mol. The van der Waals surface area contributed by atoms with Crippen molar-refractivity contribution in [2.24, 2.45) is 0 Å². The summed E-state index contributed by atoms with van der Waals surface area (Å²) in [7, 11) is 0. The molecule has 0 spiro atoms. The molecule has 0 saturated carbocycles. The summed E-state index contributed by atoms with van der Waals surface area (Å²) in [6, 6.07) is 19.1. The Balaban J connectivity index is 2.00. The van der Waals surface area contributed by atoms with Crippen molar-refractivity contribution in [3.63, 3.8) is 0 Å². The zero-order valence-corrected chi connectivity index (χ0v) is 11.8. The van der Waals surface area contributed by atoms with Gasteiger partial charge in [0.05, 0.1) is 0 Å². The van der Waals surface area contributed by atoms with Gasteiger partial charge in [0.2, 0.25) is 0 Å². The van der Waals surface area contributed by atoms with Gasteiger partial charge in [0.15, 0.2) is 0 Å². The number of hydrogen-bond acceptors (Lipinski definition) is 1. The van der Waals surface area contributed by atoms with E-state index >= 15 is 0 Å². The molecule has 0 saturated heterocycles. The second-order valence-electron chi connectivity index (χ2n) is 4.18. The number of rotatable bonds is 5. The van der Waals surface area contributed by atoms with Crippen molar-refractivity contribution in [1.82, 2.24) is 5.32 Å². The van der Waals surface area contributed by atoms with Crippen molar-refractivity contribution < 1.29 is 0 Å². The lowest BCUT2D eigenvalue weighted by atomic mass is 10.0. The largest absolute Gasteiger partial charge is 0.308 e. The molecule has 0 aliphatic heterocycles. The van der Waals surface area contributed by atoms with Crippen LogP contribution in [0.1, 0.15) is 5.56 Å². The van der Waals surface area contributed by atoms with Crippen LogP contribution in [-0.2, 0) is 6.54 Å². The van der Waals surface area contributed by atoms with Gasteiger partial charge < -0.3 is 5.32 Å². The summed E-state index contributed by atoms with van der Waals surface area (Å²) in [5.74, 6) is 0. The molecule has 0 unspecified atom stereocenters. The third-order valence-electron chi connectivity index (χ3n) is 2.71. The van der Waals surface area contributed by atoms with Crippen LogP contribution in [0.2, 0.25) is 0 Å². The van der Waals surface area contributed by atoms with Gasteiger partial charge in [-0.1, -0.05) is 77.1 Å². The van der Waals surface area contributed by atoms with E-state index in [0.717, 1.165) is 17.6 Å². The first-order chi connectivity index (χ1) is 8.75. The zero-order valence-electron chi connectivity index (χ0n) is 10.2. The van der Waals surface area contributed by atoms with Gasteiger partial charge in [-0.3, -0.25) is 0 Å². The van der Waals surface area contributed by atoms with Crippen molar-refractivity contribution in [3.05, 3.63) is 71.2 Å². The van der Waals surface area contributed by atoms with E-state index in [4.69, 9.17) is 0 Å². The summed E-state index contributed by atoms with van der Waals surface area (Å²) in [5.41, 5.74) is 3.79. The van der Waals surface area contributed by atoms with Gasteiger partial charge in [0.25, 0.3) is 0 Å². The van der Waals surface area contributed by atoms with E-state index in [0.29, 0.717) is 0 Å². The van der Waals surface area contributed by atoms with Gasteiger partial charge in [-0.05, 0) is 16.7 Å². The molecule has 2 heteroatoms. The van der Waals surface area contributed by atoms with Crippen LogP contribution in [-0.4, -0.2) is 6.54 Å². The van der Waals surface area contributed by atoms with Gasteiger partial charge in [-0.15, -0.1) is 0 Å². The van der Waals surface area contributed by atoms with E-state index in [2.05, 4.69) is 76.4 Å². The topological polar surface area (TPSA) is 12.0 Å². The predicted octanol–water partition coefficient (Wildman–Crippen LogP) is 4.35. The first-order valence-electron chi connectivity index (χ1n) is 5.94. The first-order valence-corrected chi connectivity index (χ1v) is 6.73. The molecular formula is C16H16BrN. The van der Waals surface area contributed by atoms with E-state index < -0.39 is 0 Å². The van der Waals surface area contributed by atoms with Crippen LogP contribution < -0.4 is 5.32 Å². The van der Waals surface area contributed by atoms with Gasteiger partial charge in [0, 0.05) is 17.6 Å². The molecular weight excluding hydrogens is 286 g/mol. The molecule has 18 heavy (non-hydrogen) atoms. The fourth-order valence-electron chi connectivity index (χ4n) is 1.79. The maximum atomic E-state index is 3.79. The molecule has 0 heterocycles. The molecule has 0 amide bonds. The fraction of sp³-hybridized carbons (Fsp3) is 0.125. The van der Waals surface area contributed by atoms with Crippen LogP contribution in [0.15, 0.2) is 65.7 Å². The van der Waals surface area contributed by atoms with Crippen LogP contribution in [0, 0.1) is 0 Å². The molecule has 2 aromatic carbocycles. The summed E-state index contributed by atoms with van der Waals surface area (Å²) in [4.78, 5) is 0. The Morgan fingerprint density at radius 3 is 2.17 bits per heavy atom. The molecule has 0 aliphatic carbocycles. The number of nitrogens with one attached hydrogen (secondary N) is 1. The van der Waals surface area contributed by atoms with E-state index in [-0.39, 0.29) is 0 Å². The Morgan fingerprint density at radius 1 is 0.944 bits per heavy atom. The van der Waals surface area contributed by atoms with E-state index in [1.807, 2.05) is 6.07 Å². The Kier molecular flexibility index (Phi) is 4.73. The summed E-state index contributed by atoms with van der Waals surface area (Å²) in [5, 5.41) is 3.31. The molecule has 1 nitrogen and oxygen atoms in total. The number of hydrogen-bond donors (Lipinski definition) is 1. The summed E-state index contributed by atoms with van der Waals surface area (Å²) in [6.07, 6.45) is 0. The van der Waals surface area contributed by atoms with E-state index in [9.17, 15) is 0 Å². The lowest BCUT2D eigenvalue weighted by molar-refractivity contribution is 0.757. The third kappa shape index (κ3) is 3.83. The second kappa shape index (κ2) is 6.53. The predicted molar refractivity (Wildman–Crippen MR) is 81.7 cm³/mol. The number of benzene rings is 2. The van der Waals surface area contributed by atoms with Crippen molar-refractivity contribution in [2.75, 3.05) is 6.54 Å². The molecule has 0 radical (unpaired) electrons. The van der Waals surface area contributed by atoms with Crippen LogP contribution in [0.25, 0.3) is 11.1 Å². The monoisotopic (exact) mass is 301 g/mol. The van der Waals surface area contributed by atoms with E-state index in [1.54, 1.807) is 0 Å². The van der Waals surface area contributed by atoms with Crippen LogP contribution in [0.5, 0.6) is 0 Å². The molecule has 0 aromatic heterocycles. The SMILES string of the molecule is C=C(Br)CNCc1ccc(-c2ccccc2)cc1. The summed E-state index contributed by atoms with van der Waals surface area (Å²) < 4.78 is 0.975. The lowest BCUT2D eigenvalue weighted by Gasteiger charge is -2.06. The molecule has 92 valence electrons.